The Kier molecular flexibility index (Phi) is 5.98. The highest BCUT2D eigenvalue weighted by molar-refractivity contribution is 7.92. The third-order valence-electron chi connectivity index (χ3n) is 5.35. The second-order valence-corrected chi connectivity index (χ2v) is 9.36. The molecule has 1 aliphatic rings. The number of hydrogen-bond acceptors (Lipinski definition) is 5. The van der Waals surface area contributed by atoms with E-state index in [1.165, 1.54) is 30.3 Å². The molecule has 2 atom stereocenters. The molecule has 0 unspecified atom stereocenters. The molecule has 1 fully saturated rings. The Labute approximate surface area is 183 Å². The van der Waals surface area contributed by atoms with Gasteiger partial charge in [-0.2, -0.15) is 0 Å². The van der Waals surface area contributed by atoms with Gasteiger partial charge in [0.2, 0.25) is 5.56 Å². The molecule has 0 radical (unpaired) electrons. The molecule has 1 aliphatic heterocycles. The highest BCUT2D eigenvalue weighted by Crippen LogP contribution is 2.23. The number of ether oxygens (including phenoxy) is 1. The number of halogens is 1. The smallest absolute Gasteiger partial charge is 0.261 e. The van der Waals surface area contributed by atoms with Crippen molar-refractivity contribution in [1.29, 1.82) is 0 Å². The summed E-state index contributed by atoms with van der Waals surface area (Å²) in [6.07, 6.45) is 1.64. The van der Waals surface area contributed by atoms with Crippen LogP contribution in [0, 0.1) is 5.82 Å². The van der Waals surface area contributed by atoms with Crippen LogP contribution in [0.25, 0.3) is 10.9 Å². The average Bonchev–Trinajstić information content (AvgIpc) is 3.29. The molecular formula is C22H22FN3O5S. The largest absolute Gasteiger partial charge is 0.376 e. The lowest BCUT2D eigenvalue weighted by molar-refractivity contribution is 0.0713. The molecular weight excluding hydrogens is 437 g/mol. The number of sulfonamides is 1. The van der Waals surface area contributed by atoms with Gasteiger partial charge in [-0.25, -0.2) is 12.8 Å². The van der Waals surface area contributed by atoms with Crippen molar-refractivity contribution in [3.63, 3.8) is 0 Å². The van der Waals surface area contributed by atoms with Gasteiger partial charge in [0.15, 0.2) is 0 Å². The van der Waals surface area contributed by atoms with Gasteiger partial charge in [0.05, 0.1) is 22.6 Å². The fraction of sp³-hybridized carbons (Fsp3) is 0.273. The van der Waals surface area contributed by atoms with Crippen molar-refractivity contribution < 1.29 is 22.3 Å². The number of rotatable bonds is 6. The lowest BCUT2D eigenvalue weighted by Crippen LogP contribution is -2.41. The number of nitrogens with one attached hydrogen (secondary N) is 3. The number of fused-ring (bicyclic) bond motifs is 1. The van der Waals surface area contributed by atoms with E-state index in [1.54, 1.807) is 0 Å². The van der Waals surface area contributed by atoms with Crippen LogP contribution in [0.5, 0.6) is 0 Å². The summed E-state index contributed by atoms with van der Waals surface area (Å²) in [5, 5.41) is 3.12. The molecule has 1 saturated heterocycles. The van der Waals surface area contributed by atoms with Crippen LogP contribution in [0.15, 0.2) is 58.2 Å². The van der Waals surface area contributed by atoms with E-state index in [2.05, 4.69) is 15.0 Å². The number of aromatic nitrogens is 1. The third kappa shape index (κ3) is 4.66. The van der Waals surface area contributed by atoms with Gasteiger partial charge in [-0.05, 0) is 62.2 Å². The van der Waals surface area contributed by atoms with E-state index >= 15 is 0 Å². The van der Waals surface area contributed by atoms with Gasteiger partial charge in [0.25, 0.3) is 15.9 Å². The average molecular weight is 459 g/mol. The molecule has 8 nitrogen and oxygen atoms in total. The Bertz CT molecular complexity index is 1320. The zero-order valence-electron chi connectivity index (χ0n) is 17.2. The lowest BCUT2D eigenvalue weighted by atomic mass is 10.1. The first kappa shape index (κ1) is 22.0. The number of carbonyl (C=O) groups excluding carboxylic acids is 1. The molecule has 32 heavy (non-hydrogen) atoms. The molecule has 0 bridgehead atoms. The molecule has 168 valence electrons. The number of H-pyrrole nitrogens is 1. The van der Waals surface area contributed by atoms with Crippen molar-refractivity contribution in [3.05, 3.63) is 70.3 Å². The summed E-state index contributed by atoms with van der Waals surface area (Å²) >= 11 is 0. The summed E-state index contributed by atoms with van der Waals surface area (Å²) in [5.41, 5.74) is 0.101. The number of carbonyl (C=O) groups is 1. The number of pyridine rings is 1. The highest BCUT2D eigenvalue weighted by atomic mass is 32.2. The van der Waals surface area contributed by atoms with Crippen molar-refractivity contribution in [3.8, 4) is 0 Å². The minimum atomic E-state index is -4.02. The third-order valence-corrected chi connectivity index (χ3v) is 6.73. The number of hydrogen-bond donors (Lipinski definition) is 3. The first-order valence-corrected chi connectivity index (χ1v) is 11.6. The Morgan fingerprint density at radius 3 is 2.62 bits per heavy atom. The quantitative estimate of drug-likeness (QED) is 0.524. The molecule has 1 aromatic heterocycles. The predicted octanol–water partition coefficient (Wildman–Crippen LogP) is 2.77. The van der Waals surface area contributed by atoms with Crippen LogP contribution in [0.4, 0.5) is 10.1 Å². The molecule has 1 amide bonds. The minimum absolute atomic E-state index is 0.0624. The Balaban J connectivity index is 1.68. The summed E-state index contributed by atoms with van der Waals surface area (Å²) in [6.45, 7) is 2.47. The van der Waals surface area contributed by atoms with Crippen molar-refractivity contribution in [2.24, 2.45) is 0 Å². The summed E-state index contributed by atoms with van der Waals surface area (Å²) in [4.78, 5) is 27.5. The minimum Gasteiger partial charge on any atom is -0.376 e. The first-order valence-electron chi connectivity index (χ1n) is 10.1. The zero-order chi connectivity index (χ0) is 22.9. The fourth-order valence-electron chi connectivity index (χ4n) is 3.69. The van der Waals surface area contributed by atoms with Gasteiger partial charge in [-0.15, -0.1) is 0 Å². The van der Waals surface area contributed by atoms with Gasteiger partial charge >= 0.3 is 0 Å². The van der Waals surface area contributed by atoms with E-state index in [9.17, 15) is 22.4 Å². The van der Waals surface area contributed by atoms with Gasteiger partial charge in [-0.3, -0.25) is 14.3 Å². The van der Waals surface area contributed by atoms with Crippen LogP contribution in [-0.4, -0.2) is 38.1 Å². The van der Waals surface area contributed by atoms with E-state index in [1.807, 2.05) is 6.92 Å². The number of anilines is 1. The molecule has 2 aromatic carbocycles. The van der Waals surface area contributed by atoms with Crippen LogP contribution in [-0.2, 0) is 14.8 Å². The van der Waals surface area contributed by atoms with Crippen LogP contribution in [0.2, 0.25) is 0 Å². The van der Waals surface area contributed by atoms with Gasteiger partial charge in [0.1, 0.15) is 5.82 Å². The summed E-state index contributed by atoms with van der Waals surface area (Å²) < 4.78 is 46.7. The second kappa shape index (κ2) is 8.71. The van der Waals surface area contributed by atoms with Crippen molar-refractivity contribution in [2.75, 3.05) is 11.3 Å². The summed E-state index contributed by atoms with van der Waals surface area (Å²) in [5.74, 6) is -0.986. The van der Waals surface area contributed by atoms with Crippen molar-refractivity contribution in [1.82, 2.24) is 10.3 Å². The maximum Gasteiger partial charge on any atom is 0.261 e. The molecule has 4 rings (SSSR count). The Morgan fingerprint density at radius 2 is 1.94 bits per heavy atom. The van der Waals surface area contributed by atoms with Crippen LogP contribution in [0.3, 0.4) is 0 Å². The number of amides is 1. The maximum absolute atomic E-state index is 13.1. The molecule has 0 spiro atoms. The second-order valence-electron chi connectivity index (χ2n) is 7.68. The Morgan fingerprint density at radius 1 is 1.19 bits per heavy atom. The molecule has 0 aliphatic carbocycles. The van der Waals surface area contributed by atoms with Crippen LogP contribution in [0.1, 0.15) is 30.1 Å². The topological polar surface area (TPSA) is 117 Å². The predicted molar refractivity (Wildman–Crippen MR) is 118 cm³/mol. The Hall–Kier alpha value is -3.24. The normalized spacial score (nSPS) is 17.2. The summed E-state index contributed by atoms with van der Waals surface area (Å²) in [6, 6.07) is 9.82. The van der Waals surface area contributed by atoms with E-state index in [0.29, 0.717) is 12.1 Å². The lowest BCUT2D eigenvalue weighted by Gasteiger charge is -2.20. The SMILES string of the molecule is C[C@H](NC(=O)c1cc(=O)[nH]c2ccc(S(=O)(=O)Nc3ccc(F)cc3)cc12)[C@@H]1CCCO1. The highest BCUT2D eigenvalue weighted by Gasteiger charge is 2.25. The van der Waals surface area contributed by atoms with Gasteiger partial charge in [-0.1, -0.05) is 0 Å². The summed E-state index contributed by atoms with van der Waals surface area (Å²) in [7, 11) is -4.02. The van der Waals surface area contributed by atoms with E-state index in [4.69, 9.17) is 4.74 Å². The van der Waals surface area contributed by atoms with Crippen LogP contribution < -0.4 is 15.6 Å². The molecule has 3 N–H and O–H groups in total. The fourth-order valence-corrected chi connectivity index (χ4v) is 4.78. The van der Waals surface area contributed by atoms with E-state index in [0.717, 1.165) is 31.0 Å². The first-order chi connectivity index (χ1) is 15.2. The molecule has 3 aromatic rings. The maximum atomic E-state index is 13.1. The van der Waals surface area contributed by atoms with E-state index < -0.39 is 27.3 Å². The monoisotopic (exact) mass is 459 g/mol. The van der Waals surface area contributed by atoms with Crippen LogP contribution >= 0.6 is 0 Å². The van der Waals surface area contributed by atoms with Crippen molar-refractivity contribution in [2.45, 2.75) is 36.8 Å². The van der Waals surface area contributed by atoms with E-state index in [-0.39, 0.29) is 33.7 Å². The molecule has 0 saturated carbocycles. The van der Waals surface area contributed by atoms with Gasteiger partial charge < -0.3 is 15.0 Å². The number of aromatic amines is 1. The zero-order valence-corrected chi connectivity index (χ0v) is 18.0. The number of benzene rings is 2. The standard InChI is InChI=1S/C22H22FN3O5S/c1-13(20-3-2-10-31-20)24-22(28)18-12-21(27)25-19-9-8-16(11-17(18)19)32(29,30)26-15-6-4-14(23)5-7-15/h4-9,11-13,20,26H,2-3,10H2,1H3,(H,24,28)(H,25,27)/t13-,20-/m0/s1. The molecule has 2 heterocycles. The van der Waals surface area contributed by atoms with Crippen molar-refractivity contribution >= 4 is 32.5 Å². The molecule has 10 heteroatoms. The van der Waals surface area contributed by atoms with Gasteiger partial charge in [0, 0.05) is 29.3 Å².